The number of hydrogen-bond donors (Lipinski definition) is 4. The lowest BCUT2D eigenvalue weighted by atomic mass is 10.2. The smallest absolute Gasteiger partial charge is 0.369 e. The number of H-pyrrole nitrogens is 2. The van der Waals surface area contributed by atoms with E-state index < -0.39 is 43.7 Å². The molecule has 0 fully saturated rings. The molecule has 0 saturated heterocycles. The number of anilines is 2. The van der Waals surface area contributed by atoms with Crippen LogP contribution in [0.5, 0.6) is 0 Å². The molecule has 20 heteroatoms. The van der Waals surface area contributed by atoms with Crippen LogP contribution in [0.15, 0.2) is 46.6 Å². The van der Waals surface area contributed by atoms with Crippen molar-refractivity contribution in [3.05, 3.63) is 57.7 Å². The minimum absolute atomic E-state index is 0.0377. The second-order valence-corrected chi connectivity index (χ2v) is 8.99. The highest BCUT2D eigenvalue weighted by Crippen LogP contribution is 2.32. The fraction of sp³-hybridized carbons (Fsp3) is 0.300. The highest BCUT2D eigenvalue weighted by Gasteiger charge is 2.31. The SMILES string of the molecule is Nc1nc2c(ncn2CCC(C=C(F)F)O[P+](=O)OC(C=C(F)F)CCn2cnc3c(=O)[nH]c(N)nc32)c(=O)[nH]1. The van der Waals surface area contributed by atoms with Crippen LogP contribution in [0.3, 0.4) is 0 Å². The Bertz CT molecular complexity index is 1600. The maximum absolute atomic E-state index is 13.1. The second-order valence-electron chi connectivity index (χ2n) is 8.12. The number of aromatic nitrogens is 8. The molecule has 4 rings (SSSR count). The molecule has 40 heavy (non-hydrogen) atoms. The molecule has 0 aromatic carbocycles. The van der Waals surface area contributed by atoms with E-state index in [-0.39, 0.29) is 60.2 Å². The van der Waals surface area contributed by atoms with Gasteiger partial charge in [0.2, 0.25) is 11.9 Å². The van der Waals surface area contributed by atoms with Gasteiger partial charge in [-0.2, -0.15) is 27.5 Å². The predicted molar refractivity (Wildman–Crippen MR) is 132 cm³/mol. The average Bonchev–Trinajstić information content (AvgIpc) is 3.44. The highest BCUT2D eigenvalue weighted by molar-refractivity contribution is 7.33. The monoisotopic (exact) mass is 587 g/mol. The molecule has 0 saturated carbocycles. The number of fused-ring (bicyclic) bond motifs is 2. The van der Waals surface area contributed by atoms with Crippen LogP contribution in [-0.2, 0) is 26.7 Å². The van der Waals surface area contributed by atoms with Gasteiger partial charge in [-0.25, -0.2) is 9.97 Å². The summed E-state index contributed by atoms with van der Waals surface area (Å²) in [5.74, 6) is -0.376. The summed E-state index contributed by atoms with van der Waals surface area (Å²) < 4.78 is 77.6. The number of rotatable bonds is 12. The molecule has 2 atom stereocenters. The van der Waals surface area contributed by atoms with Gasteiger partial charge in [0, 0.05) is 42.6 Å². The average molecular weight is 587 g/mol. The number of aryl methyl sites for hydroxylation is 2. The van der Waals surface area contributed by atoms with Gasteiger partial charge < -0.3 is 20.6 Å². The molecule has 4 heterocycles. The van der Waals surface area contributed by atoms with Crippen molar-refractivity contribution >= 4 is 42.5 Å². The van der Waals surface area contributed by atoms with Gasteiger partial charge in [0.05, 0.1) is 12.7 Å². The van der Waals surface area contributed by atoms with E-state index in [2.05, 4.69) is 29.9 Å². The summed E-state index contributed by atoms with van der Waals surface area (Å²) in [5, 5.41) is 0. The molecule has 0 spiro atoms. The van der Waals surface area contributed by atoms with Crippen LogP contribution < -0.4 is 22.6 Å². The summed E-state index contributed by atoms with van der Waals surface area (Å²) in [6.07, 6.45) is -4.50. The van der Waals surface area contributed by atoms with Gasteiger partial charge in [0.1, 0.15) is 12.2 Å². The van der Waals surface area contributed by atoms with E-state index in [0.29, 0.717) is 12.2 Å². The number of nitrogens with one attached hydrogen (secondary N) is 2. The van der Waals surface area contributed by atoms with Crippen molar-refractivity contribution in [3.63, 3.8) is 0 Å². The standard InChI is InChI=1S/C20H19F4N10O5P/c21-11(22)5-9(1-3-33-7-27-13-15(33)29-19(25)31-17(13)35)38-40(37)39-10(6-12(23)24)2-4-34-8-28-14-16(34)30-20(26)32-18(14)36/h5-10H,1-4H2,(H5-,25,26,29,30,31,32,35,36)/p+1. The fourth-order valence-corrected chi connectivity index (χ4v) is 4.49. The van der Waals surface area contributed by atoms with Gasteiger partial charge in [-0.15, -0.1) is 9.05 Å². The Morgan fingerprint density at radius 3 is 1.62 bits per heavy atom. The predicted octanol–water partition coefficient (Wildman–Crippen LogP) is 2.19. The Balaban J connectivity index is 1.43. The molecule has 0 amide bonds. The topological polar surface area (TPSA) is 215 Å². The van der Waals surface area contributed by atoms with Gasteiger partial charge in [0.25, 0.3) is 23.3 Å². The second kappa shape index (κ2) is 12.1. The van der Waals surface area contributed by atoms with Crippen LogP contribution in [0, 0.1) is 0 Å². The highest BCUT2D eigenvalue weighted by atomic mass is 31.1. The maximum atomic E-state index is 13.1. The van der Waals surface area contributed by atoms with E-state index in [0.717, 1.165) is 0 Å². The molecule has 15 nitrogen and oxygen atoms in total. The van der Waals surface area contributed by atoms with Crippen molar-refractivity contribution < 1.29 is 31.2 Å². The van der Waals surface area contributed by atoms with E-state index in [1.165, 1.54) is 21.8 Å². The molecule has 0 bridgehead atoms. The summed E-state index contributed by atoms with van der Waals surface area (Å²) in [4.78, 5) is 44.1. The Morgan fingerprint density at radius 2 is 1.25 bits per heavy atom. The molecule has 0 aliphatic rings. The fourth-order valence-electron chi connectivity index (χ4n) is 3.66. The summed E-state index contributed by atoms with van der Waals surface area (Å²) in [6, 6.07) is 0. The Labute approximate surface area is 220 Å². The summed E-state index contributed by atoms with van der Waals surface area (Å²) in [7, 11) is -3.19. The number of hydrogen-bond acceptors (Lipinski definition) is 11. The van der Waals surface area contributed by atoms with Crippen LogP contribution in [0.4, 0.5) is 29.5 Å². The van der Waals surface area contributed by atoms with Crippen molar-refractivity contribution in [3.8, 4) is 0 Å². The first kappa shape index (κ1) is 28.5. The number of nitrogens with two attached hydrogens (primary N) is 2. The molecular formula is C20H20F4N10O5P+. The zero-order chi connectivity index (χ0) is 29.0. The third-order valence-electron chi connectivity index (χ3n) is 5.36. The summed E-state index contributed by atoms with van der Waals surface area (Å²) in [6.45, 7) is -0.148. The molecule has 4 aromatic heterocycles. The van der Waals surface area contributed by atoms with E-state index in [9.17, 15) is 31.7 Å². The molecule has 212 valence electrons. The van der Waals surface area contributed by atoms with Crippen LogP contribution >= 0.6 is 8.25 Å². The minimum Gasteiger partial charge on any atom is -0.369 e. The van der Waals surface area contributed by atoms with Crippen LogP contribution in [0.2, 0.25) is 0 Å². The first-order valence-electron chi connectivity index (χ1n) is 11.3. The van der Waals surface area contributed by atoms with Gasteiger partial charge in [-0.05, 0) is 0 Å². The maximum Gasteiger partial charge on any atom is 0.698 e. The number of halogens is 4. The Morgan fingerprint density at radius 1 is 0.850 bits per heavy atom. The Hall–Kier alpha value is -4.48. The van der Waals surface area contributed by atoms with Crippen LogP contribution in [0.25, 0.3) is 22.3 Å². The lowest BCUT2D eigenvalue weighted by molar-refractivity contribution is 0.150. The summed E-state index contributed by atoms with van der Waals surface area (Å²) in [5.41, 5.74) is 9.95. The minimum atomic E-state index is -3.19. The quantitative estimate of drug-likeness (QED) is 0.139. The third kappa shape index (κ3) is 6.93. The van der Waals surface area contributed by atoms with Crippen molar-refractivity contribution in [1.29, 1.82) is 0 Å². The molecular weight excluding hydrogens is 567 g/mol. The number of nitrogen functional groups attached to an aromatic ring is 2. The first-order valence-corrected chi connectivity index (χ1v) is 12.4. The first-order chi connectivity index (χ1) is 19.0. The zero-order valence-corrected chi connectivity index (χ0v) is 21.0. The van der Waals surface area contributed by atoms with Gasteiger partial charge in [0.15, 0.2) is 22.3 Å². The normalized spacial score (nSPS) is 13.3. The van der Waals surface area contributed by atoms with E-state index in [4.69, 9.17) is 20.5 Å². The molecule has 0 aliphatic carbocycles. The molecule has 0 radical (unpaired) electrons. The van der Waals surface area contributed by atoms with Crippen LogP contribution in [-0.4, -0.2) is 51.2 Å². The van der Waals surface area contributed by atoms with E-state index in [1.54, 1.807) is 0 Å². The van der Waals surface area contributed by atoms with Crippen molar-refractivity contribution in [1.82, 2.24) is 39.0 Å². The van der Waals surface area contributed by atoms with Crippen molar-refractivity contribution in [2.75, 3.05) is 11.5 Å². The van der Waals surface area contributed by atoms with E-state index >= 15 is 0 Å². The molecule has 4 aromatic rings. The summed E-state index contributed by atoms with van der Waals surface area (Å²) >= 11 is 0. The largest absolute Gasteiger partial charge is 0.698 e. The lowest BCUT2D eigenvalue weighted by Crippen LogP contribution is -2.16. The van der Waals surface area contributed by atoms with Crippen molar-refractivity contribution in [2.24, 2.45) is 0 Å². The van der Waals surface area contributed by atoms with Crippen LogP contribution in [0.1, 0.15) is 12.8 Å². The Kier molecular flexibility index (Phi) is 8.66. The number of aromatic amines is 2. The third-order valence-corrected chi connectivity index (χ3v) is 6.25. The lowest BCUT2D eigenvalue weighted by Gasteiger charge is -2.10. The molecule has 2 unspecified atom stereocenters. The van der Waals surface area contributed by atoms with E-state index in [1.807, 2.05) is 0 Å². The number of imidazole rings is 2. The van der Waals surface area contributed by atoms with Gasteiger partial charge in [-0.3, -0.25) is 19.6 Å². The zero-order valence-electron chi connectivity index (χ0n) is 20.1. The van der Waals surface area contributed by atoms with Gasteiger partial charge in [-0.1, -0.05) is 0 Å². The molecule has 6 N–H and O–H groups in total. The van der Waals surface area contributed by atoms with Gasteiger partial charge >= 0.3 is 8.25 Å². The van der Waals surface area contributed by atoms with Crippen molar-refractivity contribution in [2.45, 2.75) is 38.1 Å². The number of nitrogens with zero attached hydrogens (tertiary/aromatic N) is 6. The molecule has 0 aliphatic heterocycles.